The molecule has 0 amide bonds. The summed E-state index contributed by atoms with van der Waals surface area (Å²) in [6.45, 7) is 6.12. The average molecular weight is 273 g/mol. The molecule has 0 radical (unpaired) electrons. The molecule has 2 rings (SSSR count). The van der Waals surface area contributed by atoms with Crippen LogP contribution in [0.15, 0.2) is 41.2 Å². The lowest BCUT2D eigenvalue weighted by Gasteiger charge is -2.17. The Morgan fingerprint density at radius 3 is 2.26 bits per heavy atom. The lowest BCUT2D eigenvalue weighted by atomic mass is 10.1. The Hall–Kier alpha value is -1.48. The molecule has 0 saturated heterocycles. The van der Waals surface area contributed by atoms with Gasteiger partial charge < -0.3 is 4.57 Å². The summed E-state index contributed by atoms with van der Waals surface area (Å²) in [4.78, 5) is 12.4. The van der Waals surface area contributed by atoms with Gasteiger partial charge >= 0.3 is 0 Å². The van der Waals surface area contributed by atoms with Crippen LogP contribution in [-0.2, 0) is 5.75 Å². The van der Waals surface area contributed by atoms with Gasteiger partial charge in [-0.2, -0.15) is 12.6 Å². The van der Waals surface area contributed by atoms with Crippen LogP contribution in [0.2, 0.25) is 0 Å². The zero-order chi connectivity index (χ0) is 14.0. The van der Waals surface area contributed by atoms with Crippen LogP contribution in [0.3, 0.4) is 0 Å². The first-order valence-corrected chi connectivity index (χ1v) is 7.10. The molecule has 0 aliphatic rings. The van der Waals surface area contributed by atoms with E-state index in [1.807, 2.05) is 30.5 Å². The SMILES string of the molecule is Cc1ccc(-c2ccc(CS)c(=O)n2C(C)C)cc1. The lowest BCUT2D eigenvalue weighted by Crippen LogP contribution is -2.26. The summed E-state index contributed by atoms with van der Waals surface area (Å²) < 4.78 is 1.84. The summed E-state index contributed by atoms with van der Waals surface area (Å²) in [5, 5.41) is 0. The van der Waals surface area contributed by atoms with Gasteiger partial charge in [0.25, 0.3) is 5.56 Å². The fourth-order valence-corrected chi connectivity index (χ4v) is 2.43. The highest BCUT2D eigenvalue weighted by Crippen LogP contribution is 2.22. The van der Waals surface area contributed by atoms with Crippen LogP contribution < -0.4 is 5.56 Å². The highest BCUT2D eigenvalue weighted by atomic mass is 32.1. The number of thiol groups is 1. The van der Waals surface area contributed by atoms with E-state index in [9.17, 15) is 4.79 Å². The molecule has 0 fully saturated rings. The Morgan fingerprint density at radius 2 is 1.74 bits per heavy atom. The molecular formula is C16H19NOS. The smallest absolute Gasteiger partial charge is 0.255 e. The van der Waals surface area contributed by atoms with Crippen molar-refractivity contribution >= 4 is 12.6 Å². The first-order chi connectivity index (χ1) is 9.04. The van der Waals surface area contributed by atoms with Gasteiger partial charge in [0.1, 0.15) is 0 Å². The predicted molar refractivity (Wildman–Crippen MR) is 84.0 cm³/mol. The van der Waals surface area contributed by atoms with Crippen LogP contribution in [0.25, 0.3) is 11.3 Å². The van der Waals surface area contributed by atoms with Crippen LogP contribution in [0, 0.1) is 6.92 Å². The van der Waals surface area contributed by atoms with Gasteiger partial charge in [0, 0.05) is 17.4 Å². The first kappa shape index (κ1) is 13.9. The third kappa shape index (κ3) is 2.76. The first-order valence-electron chi connectivity index (χ1n) is 6.47. The van der Waals surface area contributed by atoms with E-state index in [-0.39, 0.29) is 11.6 Å². The summed E-state index contributed by atoms with van der Waals surface area (Å²) in [5.41, 5.74) is 4.05. The normalized spacial score (nSPS) is 11.0. The second-order valence-corrected chi connectivity index (χ2v) is 5.35. The number of rotatable bonds is 3. The highest BCUT2D eigenvalue weighted by Gasteiger charge is 2.12. The molecule has 2 aromatic rings. The van der Waals surface area contributed by atoms with Crippen molar-refractivity contribution in [3.05, 3.63) is 57.9 Å². The summed E-state index contributed by atoms with van der Waals surface area (Å²) in [6.07, 6.45) is 0. The largest absolute Gasteiger partial charge is 0.306 e. The Kier molecular flexibility index (Phi) is 4.15. The van der Waals surface area contributed by atoms with E-state index in [1.54, 1.807) is 0 Å². The molecule has 0 N–H and O–H groups in total. The fourth-order valence-electron chi connectivity index (χ4n) is 2.19. The standard InChI is InChI=1S/C16H19NOS/c1-11(2)17-15(9-8-14(10-19)16(17)18)13-6-4-12(3)5-7-13/h4-9,11,19H,10H2,1-3H3. The molecule has 2 nitrogen and oxygen atoms in total. The minimum absolute atomic E-state index is 0.0584. The van der Waals surface area contributed by atoms with E-state index in [4.69, 9.17) is 0 Å². The quantitative estimate of drug-likeness (QED) is 0.843. The van der Waals surface area contributed by atoms with E-state index in [0.29, 0.717) is 5.75 Å². The molecule has 0 atom stereocenters. The number of hydrogen-bond acceptors (Lipinski definition) is 2. The van der Waals surface area contributed by atoms with E-state index in [2.05, 4.69) is 43.8 Å². The maximum atomic E-state index is 12.4. The number of hydrogen-bond donors (Lipinski definition) is 1. The summed E-state index contributed by atoms with van der Waals surface area (Å²) in [5.74, 6) is 0.472. The van der Waals surface area contributed by atoms with E-state index >= 15 is 0 Å². The Morgan fingerprint density at radius 1 is 1.11 bits per heavy atom. The van der Waals surface area contributed by atoms with Gasteiger partial charge in [-0.1, -0.05) is 35.9 Å². The van der Waals surface area contributed by atoms with Crippen molar-refractivity contribution in [1.82, 2.24) is 4.57 Å². The van der Waals surface area contributed by atoms with Crippen LogP contribution in [-0.4, -0.2) is 4.57 Å². The van der Waals surface area contributed by atoms with Crippen molar-refractivity contribution in [1.29, 1.82) is 0 Å². The molecule has 0 aliphatic heterocycles. The Balaban J connectivity index is 2.67. The van der Waals surface area contributed by atoms with E-state index in [1.165, 1.54) is 5.56 Å². The average Bonchev–Trinajstić information content (AvgIpc) is 2.38. The van der Waals surface area contributed by atoms with Crippen LogP contribution >= 0.6 is 12.6 Å². The fraction of sp³-hybridized carbons (Fsp3) is 0.312. The second-order valence-electron chi connectivity index (χ2n) is 5.04. The maximum absolute atomic E-state index is 12.4. The van der Waals surface area contributed by atoms with Crippen molar-refractivity contribution in [3.63, 3.8) is 0 Å². The molecule has 0 spiro atoms. The summed E-state index contributed by atoms with van der Waals surface area (Å²) in [7, 11) is 0. The monoisotopic (exact) mass is 273 g/mol. The predicted octanol–water partition coefficient (Wildman–Crippen LogP) is 3.83. The van der Waals surface area contributed by atoms with E-state index < -0.39 is 0 Å². The number of benzene rings is 1. The third-order valence-corrected chi connectivity index (χ3v) is 3.57. The lowest BCUT2D eigenvalue weighted by molar-refractivity contribution is 0.582. The van der Waals surface area contributed by atoms with Crippen molar-refractivity contribution in [2.45, 2.75) is 32.6 Å². The third-order valence-electron chi connectivity index (χ3n) is 3.23. The molecule has 0 bridgehead atoms. The molecule has 100 valence electrons. The molecule has 0 saturated carbocycles. The van der Waals surface area contributed by atoms with Gasteiger partial charge in [-0.25, -0.2) is 0 Å². The van der Waals surface area contributed by atoms with Crippen LogP contribution in [0.4, 0.5) is 0 Å². The number of aromatic nitrogens is 1. The minimum atomic E-state index is 0.0584. The Labute approximate surface area is 119 Å². The van der Waals surface area contributed by atoms with Crippen molar-refractivity contribution in [2.75, 3.05) is 0 Å². The number of nitrogens with zero attached hydrogens (tertiary/aromatic N) is 1. The summed E-state index contributed by atoms with van der Waals surface area (Å²) in [6, 6.07) is 12.3. The maximum Gasteiger partial charge on any atom is 0.255 e. The topological polar surface area (TPSA) is 22.0 Å². The molecule has 3 heteroatoms. The molecule has 1 aromatic heterocycles. The highest BCUT2D eigenvalue weighted by molar-refractivity contribution is 7.79. The zero-order valence-corrected chi connectivity index (χ0v) is 12.4. The van der Waals surface area contributed by atoms with Gasteiger partial charge in [-0.3, -0.25) is 4.79 Å². The van der Waals surface area contributed by atoms with Gasteiger partial charge in [0.05, 0.1) is 5.69 Å². The second kappa shape index (κ2) is 5.66. The van der Waals surface area contributed by atoms with Crippen molar-refractivity contribution in [3.8, 4) is 11.3 Å². The van der Waals surface area contributed by atoms with Crippen LogP contribution in [0.5, 0.6) is 0 Å². The Bertz CT molecular complexity index is 626. The minimum Gasteiger partial charge on any atom is -0.306 e. The van der Waals surface area contributed by atoms with E-state index in [0.717, 1.165) is 16.8 Å². The molecule has 0 aliphatic carbocycles. The molecule has 0 unspecified atom stereocenters. The van der Waals surface area contributed by atoms with Gasteiger partial charge in [0.15, 0.2) is 0 Å². The van der Waals surface area contributed by atoms with Gasteiger partial charge in [-0.05, 0) is 32.4 Å². The van der Waals surface area contributed by atoms with Crippen LogP contribution in [0.1, 0.15) is 31.0 Å². The molecule has 1 heterocycles. The molecule has 19 heavy (non-hydrogen) atoms. The molecular weight excluding hydrogens is 254 g/mol. The van der Waals surface area contributed by atoms with Crippen molar-refractivity contribution in [2.24, 2.45) is 0 Å². The number of aryl methyl sites for hydroxylation is 1. The molecule has 1 aromatic carbocycles. The summed E-state index contributed by atoms with van der Waals surface area (Å²) >= 11 is 4.22. The van der Waals surface area contributed by atoms with Crippen molar-refractivity contribution < 1.29 is 0 Å². The van der Waals surface area contributed by atoms with Gasteiger partial charge in [-0.15, -0.1) is 0 Å². The van der Waals surface area contributed by atoms with Gasteiger partial charge in [0.2, 0.25) is 0 Å². The zero-order valence-electron chi connectivity index (χ0n) is 11.6. The number of pyridine rings is 1.